The predicted molar refractivity (Wildman–Crippen MR) is 124 cm³/mol. The topological polar surface area (TPSA) is 78.0 Å². The number of aliphatic imine (C=N–C) groups is 1. The number of nitrogens with one attached hydrogen (secondary N) is 3. The zero-order valence-corrected chi connectivity index (χ0v) is 19.0. The van der Waals surface area contributed by atoms with E-state index in [1.807, 2.05) is 31.2 Å². The van der Waals surface area contributed by atoms with Gasteiger partial charge in [0.05, 0.1) is 19.8 Å². The Morgan fingerprint density at radius 2 is 1.97 bits per heavy atom. The Kier molecular flexibility index (Phi) is 10.7. The molecule has 1 saturated heterocycles. The average molecular weight is 418 g/mol. The molecule has 30 heavy (non-hydrogen) atoms. The molecule has 1 aromatic carbocycles. The summed E-state index contributed by atoms with van der Waals surface area (Å²) in [5.41, 5.74) is 1.89. The number of carbonyl (C=O) groups excluding carboxylic acids is 1. The molecule has 7 heteroatoms. The van der Waals surface area contributed by atoms with Gasteiger partial charge < -0.3 is 20.7 Å². The van der Waals surface area contributed by atoms with E-state index in [1.165, 1.54) is 0 Å². The van der Waals surface area contributed by atoms with Crippen LogP contribution in [-0.2, 0) is 16.1 Å². The highest BCUT2D eigenvalue weighted by atomic mass is 16.5. The summed E-state index contributed by atoms with van der Waals surface area (Å²) in [4.78, 5) is 19.1. The van der Waals surface area contributed by atoms with Crippen molar-refractivity contribution in [3.05, 3.63) is 29.8 Å². The van der Waals surface area contributed by atoms with Crippen LogP contribution in [0.2, 0.25) is 0 Å². The van der Waals surface area contributed by atoms with Gasteiger partial charge in [0.15, 0.2) is 5.96 Å². The summed E-state index contributed by atoms with van der Waals surface area (Å²) in [5.74, 6) is 1.41. The highest BCUT2D eigenvalue weighted by molar-refractivity contribution is 5.90. The van der Waals surface area contributed by atoms with Crippen LogP contribution in [0.3, 0.4) is 0 Å². The number of hydrogen-bond donors (Lipinski definition) is 3. The summed E-state index contributed by atoms with van der Waals surface area (Å²) in [7, 11) is 0. The molecule has 1 fully saturated rings. The lowest BCUT2D eigenvalue weighted by Gasteiger charge is -2.37. The maximum absolute atomic E-state index is 11.8. The number of nitrogens with zero attached hydrogens (tertiary/aromatic N) is 2. The summed E-state index contributed by atoms with van der Waals surface area (Å²) in [6.07, 6.45) is 1.38. The molecule has 0 saturated carbocycles. The highest BCUT2D eigenvalue weighted by Gasteiger charge is 2.23. The zero-order valence-electron chi connectivity index (χ0n) is 19.0. The third-order valence-corrected chi connectivity index (χ3v) is 5.21. The van der Waals surface area contributed by atoms with Gasteiger partial charge in [-0.05, 0) is 37.0 Å². The molecule has 0 aliphatic carbocycles. The van der Waals surface area contributed by atoms with Crippen LogP contribution >= 0.6 is 0 Å². The maximum Gasteiger partial charge on any atom is 0.224 e. The van der Waals surface area contributed by atoms with Crippen LogP contribution in [0.1, 0.15) is 46.1 Å². The second kappa shape index (κ2) is 13.2. The number of carbonyl (C=O) groups is 1. The third kappa shape index (κ3) is 8.32. The zero-order chi connectivity index (χ0) is 21.8. The lowest BCUT2D eigenvalue weighted by molar-refractivity contribution is -0.116. The number of anilines is 1. The molecule has 1 atom stereocenters. The van der Waals surface area contributed by atoms with Crippen molar-refractivity contribution in [1.29, 1.82) is 0 Å². The van der Waals surface area contributed by atoms with E-state index in [9.17, 15) is 4.79 Å². The van der Waals surface area contributed by atoms with Crippen LogP contribution in [0.5, 0.6) is 0 Å². The molecule has 1 aromatic rings. The first-order chi connectivity index (χ1) is 14.5. The van der Waals surface area contributed by atoms with Gasteiger partial charge in [-0.15, -0.1) is 0 Å². The minimum absolute atomic E-state index is 0.0518. The van der Waals surface area contributed by atoms with Crippen molar-refractivity contribution in [2.45, 2.75) is 53.1 Å². The molecule has 0 spiro atoms. The van der Waals surface area contributed by atoms with Crippen LogP contribution in [-0.4, -0.2) is 62.2 Å². The fourth-order valence-electron chi connectivity index (χ4n) is 3.61. The lowest BCUT2D eigenvalue weighted by atomic mass is 10.0. The Morgan fingerprint density at radius 3 is 2.63 bits per heavy atom. The second-order valence-electron chi connectivity index (χ2n) is 8.03. The SMILES string of the molecule is CCCC(=O)Nc1cccc(CN=C(NCC)NCC(C(C)C)N2CCOCC2)c1. The quantitative estimate of drug-likeness (QED) is 0.403. The number of hydrogen-bond acceptors (Lipinski definition) is 4. The molecule has 1 aliphatic heterocycles. The molecule has 0 radical (unpaired) electrons. The minimum atomic E-state index is 0.0518. The minimum Gasteiger partial charge on any atom is -0.379 e. The van der Waals surface area contributed by atoms with Crippen LogP contribution < -0.4 is 16.0 Å². The smallest absolute Gasteiger partial charge is 0.224 e. The Balaban J connectivity index is 1.97. The number of benzene rings is 1. The lowest BCUT2D eigenvalue weighted by Crippen LogP contribution is -2.52. The molecular weight excluding hydrogens is 378 g/mol. The molecule has 1 heterocycles. The Labute approximate surface area is 181 Å². The molecule has 168 valence electrons. The van der Waals surface area contributed by atoms with Gasteiger partial charge in [0, 0.05) is 44.3 Å². The van der Waals surface area contributed by atoms with Crippen LogP contribution in [0.25, 0.3) is 0 Å². The second-order valence-corrected chi connectivity index (χ2v) is 8.03. The molecule has 7 nitrogen and oxygen atoms in total. The van der Waals surface area contributed by atoms with Crippen molar-refractivity contribution in [1.82, 2.24) is 15.5 Å². The number of rotatable bonds is 10. The fraction of sp³-hybridized carbons (Fsp3) is 0.652. The van der Waals surface area contributed by atoms with Crippen molar-refractivity contribution in [2.75, 3.05) is 44.7 Å². The Hall–Kier alpha value is -2.12. The van der Waals surface area contributed by atoms with Crippen molar-refractivity contribution in [2.24, 2.45) is 10.9 Å². The number of amides is 1. The third-order valence-electron chi connectivity index (χ3n) is 5.21. The Morgan fingerprint density at radius 1 is 1.20 bits per heavy atom. The summed E-state index contributed by atoms with van der Waals surface area (Å²) < 4.78 is 5.50. The average Bonchev–Trinajstić information content (AvgIpc) is 2.73. The number of ether oxygens (including phenoxy) is 1. The normalized spacial score (nSPS) is 16.4. The van der Waals surface area contributed by atoms with E-state index < -0.39 is 0 Å². The first-order valence-corrected chi connectivity index (χ1v) is 11.3. The van der Waals surface area contributed by atoms with Gasteiger partial charge in [0.2, 0.25) is 5.91 Å². The van der Waals surface area contributed by atoms with E-state index in [1.54, 1.807) is 0 Å². The molecule has 0 aromatic heterocycles. The molecule has 3 N–H and O–H groups in total. The van der Waals surface area contributed by atoms with Crippen LogP contribution in [0, 0.1) is 5.92 Å². The number of guanidine groups is 1. The molecule has 1 unspecified atom stereocenters. The van der Waals surface area contributed by atoms with E-state index in [4.69, 9.17) is 9.73 Å². The first kappa shape index (κ1) is 24.2. The maximum atomic E-state index is 11.8. The van der Waals surface area contributed by atoms with E-state index in [0.717, 1.165) is 63.0 Å². The summed E-state index contributed by atoms with van der Waals surface area (Å²) >= 11 is 0. The molecule has 1 amide bonds. The predicted octanol–water partition coefficient (Wildman–Crippen LogP) is 2.84. The van der Waals surface area contributed by atoms with Crippen LogP contribution in [0.15, 0.2) is 29.3 Å². The first-order valence-electron chi connectivity index (χ1n) is 11.3. The summed E-state index contributed by atoms with van der Waals surface area (Å²) in [5, 5.41) is 9.81. The largest absolute Gasteiger partial charge is 0.379 e. The van der Waals surface area contributed by atoms with E-state index >= 15 is 0 Å². The highest BCUT2D eigenvalue weighted by Crippen LogP contribution is 2.13. The van der Waals surface area contributed by atoms with Crippen molar-refractivity contribution < 1.29 is 9.53 Å². The van der Waals surface area contributed by atoms with E-state index in [0.29, 0.717) is 24.9 Å². The molecule has 2 rings (SSSR count). The van der Waals surface area contributed by atoms with Crippen molar-refractivity contribution >= 4 is 17.6 Å². The van der Waals surface area contributed by atoms with Crippen molar-refractivity contribution in [3.63, 3.8) is 0 Å². The summed E-state index contributed by atoms with van der Waals surface area (Å²) in [6, 6.07) is 8.34. The van der Waals surface area contributed by atoms with E-state index in [2.05, 4.69) is 41.6 Å². The van der Waals surface area contributed by atoms with E-state index in [-0.39, 0.29) is 5.91 Å². The molecular formula is C23H39N5O2. The Bertz CT molecular complexity index is 671. The van der Waals surface area contributed by atoms with Gasteiger partial charge in [-0.1, -0.05) is 32.9 Å². The van der Waals surface area contributed by atoms with Gasteiger partial charge in [-0.2, -0.15) is 0 Å². The monoisotopic (exact) mass is 417 g/mol. The number of morpholine rings is 1. The molecule has 1 aliphatic rings. The van der Waals surface area contributed by atoms with Crippen molar-refractivity contribution in [3.8, 4) is 0 Å². The van der Waals surface area contributed by atoms with Gasteiger partial charge in [0.25, 0.3) is 0 Å². The van der Waals surface area contributed by atoms with Gasteiger partial charge in [-0.25, -0.2) is 4.99 Å². The van der Waals surface area contributed by atoms with Gasteiger partial charge >= 0.3 is 0 Å². The van der Waals surface area contributed by atoms with Gasteiger partial charge in [0.1, 0.15) is 0 Å². The summed E-state index contributed by atoms with van der Waals surface area (Å²) in [6.45, 7) is 14.4. The standard InChI is InChI=1S/C23H39N5O2/c1-5-8-22(29)27-20-10-7-9-19(15-20)16-25-23(24-6-2)26-17-21(18(3)4)28-11-13-30-14-12-28/h7,9-10,15,18,21H,5-6,8,11-14,16-17H2,1-4H3,(H,27,29)(H2,24,25,26). The van der Waals surface area contributed by atoms with Gasteiger partial charge in [-0.3, -0.25) is 9.69 Å². The van der Waals surface area contributed by atoms with Crippen LogP contribution in [0.4, 0.5) is 5.69 Å². The fourth-order valence-corrected chi connectivity index (χ4v) is 3.61. The molecule has 0 bridgehead atoms.